The van der Waals surface area contributed by atoms with Gasteiger partial charge in [-0.2, -0.15) is 4.21 Å². The van der Waals surface area contributed by atoms with Crippen LogP contribution in [0.15, 0.2) is 30.3 Å². The van der Waals surface area contributed by atoms with Crippen molar-refractivity contribution in [1.82, 2.24) is 0 Å². The predicted molar refractivity (Wildman–Crippen MR) is 39.0 cm³/mol. The van der Waals surface area contributed by atoms with E-state index in [1.165, 1.54) is 0 Å². The Hall–Kier alpha value is 0.130. The van der Waals surface area contributed by atoms with Crippen molar-refractivity contribution in [1.29, 1.82) is 0 Å². The molecule has 0 aromatic heterocycles. The minimum atomic E-state index is -2.22. The molecule has 11 heavy (non-hydrogen) atoms. The van der Waals surface area contributed by atoms with E-state index in [1.807, 2.05) is 0 Å². The largest absolute Gasteiger partial charge is 1.00 e. The van der Waals surface area contributed by atoms with E-state index in [-0.39, 0.29) is 31.0 Å². The molecule has 1 aromatic carbocycles. The number of hydrogen-bond donors (Lipinski definition) is 1. The summed E-state index contributed by atoms with van der Waals surface area (Å²) in [4.78, 5) is 0. The second-order valence-corrected chi connectivity index (χ2v) is 2.21. The topological polar surface area (TPSA) is 46.5 Å². The average molecular weight is 182 g/mol. The average Bonchev–Trinajstić information content (AvgIpc) is 1.88. The van der Waals surface area contributed by atoms with Gasteiger partial charge in [0, 0.05) is 0 Å². The standard InChI is InChI=1S/C6H6O3S.Na.H/c7-10(8)9-6-4-2-1-3-5-6;;/h1-5H,(H,7,8);;/q;+1;-1. The van der Waals surface area contributed by atoms with E-state index in [0.717, 1.165) is 0 Å². The maximum absolute atomic E-state index is 10.1. The SMILES string of the molecule is O=S(O)Oc1ccccc1.[H-].[Na+]. The summed E-state index contributed by atoms with van der Waals surface area (Å²) in [5.41, 5.74) is 0. The molecule has 0 aliphatic heterocycles. The molecule has 0 bridgehead atoms. The normalized spacial score (nSPS) is 11.4. The van der Waals surface area contributed by atoms with Crippen LogP contribution in [-0.4, -0.2) is 8.76 Å². The van der Waals surface area contributed by atoms with Gasteiger partial charge in [-0.3, -0.25) is 4.55 Å². The molecule has 3 nitrogen and oxygen atoms in total. The van der Waals surface area contributed by atoms with Crippen molar-refractivity contribution < 1.29 is 43.9 Å². The van der Waals surface area contributed by atoms with Gasteiger partial charge in [-0.05, 0) is 12.1 Å². The third-order valence-electron chi connectivity index (χ3n) is 0.911. The summed E-state index contributed by atoms with van der Waals surface area (Å²) in [5.74, 6) is 0.392. The van der Waals surface area contributed by atoms with Crippen molar-refractivity contribution in [2.75, 3.05) is 0 Å². The zero-order chi connectivity index (χ0) is 7.40. The summed E-state index contributed by atoms with van der Waals surface area (Å²) in [5, 5.41) is 0. The summed E-state index contributed by atoms with van der Waals surface area (Å²) in [6.45, 7) is 0. The fourth-order valence-corrected chi connectivity index (χ4v) is 0.834. The zero-order valence-corrected chi connectivity index (χ0v) is 8.88. The van der Waals surface area contributed by atoms with E-state index < -0.39 is 11.4 Å². The van der Waals surface area contributed by atoms with E-state index in [0.29, 0.717) is 5.75 Å². The van der Waals surface area contributed by atoms with Crippen LogP contribution < -0.4 is 33.7 Å². The first-order valence-electron chi connectivity index (χ1n) is 2.63. The van der Waals surface area contributed by atoms with Crippen LogP contribution in [0.3, 0.4) is 0 Å². The molecule has 0 amide bonds. The molecule has 56 valence electrons. The van der Waals surface area contributed by atoms with E-state index in [1.54, 1.807) is 30.3 Å². The summed E-state index contributed by atoms with van der Waals surface area (Å²) >= 11 is -2.22. The number of hydrogen-bond acceptors (Lipinski definition) is 2. The quantitative estimate of drug-likeness (QED) is 0.439. The number of benzene rings is 1. The van der Waals surface area contributed by atoms with Gasteiger partial charge in [0.15, 0.2) is 0 Å². The van der Waals surface area contributed by atoms with Crippen molar-refractivity contribution >= 4 is 11.4 Å². The molecule has 0 aliphatic carbocycles. The zero-order valence-electron chi connectivity index (χ0n) is 7.06. The molecule has 0 fully saturated rings. The minimum Gasteiger partial charge on any atom is -1.00 e. The van der Waals surface area contributed by atoms with Crippen LogP contribution in [0.1, 0.15) is 1.43 Å². The molecule has 0 aliphatic rings. The molecule has 0 saturated carbocycles. The Balaban J connectivity index is 0. The number of para-hydroxylation sites is 1. The van der Waals surface area contributed by atoms with Crippen LogP contribution in [0.5, 0.6) is 5.75 Å². The maximum Gasteiger partial charge on any atom is 1.00 e. The van der Waals surface area contributed by atoms with Crippen LogP contribution in [-0.2, 0) is 11.4 Å². The fraction of sp³-hybridized carbons (Fsp3) is 0. The van der Waals surface area contributed by atoms with E-state index in [4.69, 9.17) is 4.55 Å². The molecular weight excluding hydrogens is 175 g/mol. The molecule has 0 spiro atoms. The Morgan fingerprint density at radius 3 is 2.36 bits per heavy atom. The van der Waals surface area contributed by atoms with Crippen LogP contribution in [0.25, 0.3) is 0 Å². The van der Waals surface area contributed by atoms with Gasteiger partial charge in [-0.1, -0.05) is 18.2 Å². The Labute approximate surface area is 91.0 Å². The van der Waals surface area contributed by atoms with Crippen molar-refractivity contribution in [3.63, 3.8) is 0 Å². The van der Waals surface area contributed by atoms with Gasteiger partial charge in [-0.25, -0.2) is 0 Å². The van der Waals surface area contributed by atoms with Crippen molar-refractivity contribution in [2.45, 2.75) is 0 Å². The summed E-state index contributed by atoms with van der Waals surface area (Å²) in [6.07, 6.45) is 0. The van der Waals surface area contributed by atoms with E-state index >= 15 is 0 Å². The molecule has 0 heterocycles. The first-order valence-corrected chi connectivity index (χ1v) is 3.66. The van der Waals surface area contributed by atoms with Gasteiger partial charge in [0.2, 0.25) is 0 Å². The van der Waals surface area contributed by atoms with Crippen molar-refractivity contribution in [3.8, 4) is 5.75 Å². The smallest absolute Gasteiger partial charge is 1.00 e. The second-order valence-electron chi connectivity index (χ2n) is 1.61. The first-order chi connectivity index (χ1) is 4.79. The molecule has 0 saturated heterocycles. The first kappa shape index (κ1) is 11.1. The van der Waals surface area contributed by atoms with Crippen LogP contribution >= 0.6 is 0 Å². The molecule has 1 atom stereocenters. The molecule has 1 rings (SSSR count). The van der Waals surface area contributed by atoms with Crippen molar-refractivity contribution in [2.24, 2.45) is 0 Å². The van der Waals surface area contributed by atoms with Crippen LogP contribution in [0, 0.1) is 0 Å². The Bertz CT molecular complexity index is 231. The summed E-state index contributed by atoms with van der Waals surface area (Å²) in [6, 6.07) is 8.46. The van der Waals surface area contributed by atoms with Crippen LogP contribution in [0.2, 0.25) is 0 Å². The minimum absolute atomic E-state index is 0. The Morgan fingerprint density at radius 2 is 1.91 bits per heavy atom. The third-order valence-corrected chi connectivity index (χ3v) is 1.25. The monoisotopic (exact) mass is 182 g/mol. The predicted octanol–water partition coefficient (Wildman–Crippen LogP) is -1.68. The molecular formula is C6H7NaO3S. The van der Waals surface area contributed by atoms with Crippen molar-refractivity contribution in [3.05, 3.63) is 30.3 Å². The maximum atomic E-state index is 10.1. The fourth-order valence-electron chi connectivity index (χ4n) is 0.558. The molecule has 5 heteroatoms. The molecule has 1 N–H and O–H groups in total. The number of rotatable bonds is 2. The van der Waals surface area contributed by atoms with Gasteiger partial charge >= 0.3 is 40.9 Å². The molecule has 0 radical (unpaired) electrons. The summed E-state index contributed by atoms with van der Waals surface area (Å²) in [7, 11) is 0. The van der Waals surface area contributed by atoms with Gasteiger partial charge in [0.1, 0.15) is 5.75 Å². The Kier molecular flexibility index (Phi) is 5.81. The second kappa shape index (κ2) is 5.74. The van der Waals surface area contributed by atoms with Crippen LogP contribution in [0.4, 0.5) is 0 Å². The molecule has 1 unspecified atom stereocenters. The Morgan fingerprint density at radius 1 is 1.36 bits per heavy atom. The van der Waals surface area contributed by atoms with E-state index in [9.17, 15) is 4.21 Å². The summed E-state index contributed by atoms with van der Waals surface area (Å²) < 4.78 is 22.8. The van der Waals surface area contributed by atoms with Gasteiger partial charge in [0.05, 0.1) is 0 Å². The van der Waals surface area contributed by atoms with E-state index in [2.05, 4.69) is 4.18 Å². The van der Waals surface area contributed by atoms with Gasteiger partial charge in [0.25, 0.3) is 0 Å². The van der Waals surface area contributed by atoms with Gasteiger partial charge in [-0.15, -0.1) is 0 Å². The van der Waals surface area contributed by atoms with Gasteiger partial charge < -0.3 is 5.61 Å². The third kappa shape index (κ3) is 4.55. The molecule has 1 aromatic rings.